The van der Waals surface area contributed by atoms with Gasteiger partial charge in [-0.2, -0.15) is 5.26 Å². The predicted molar refractivity (Wildman–Crippen MR) is 85.6 cm³/mol. The van der Waals surface area contributed by atoms with Crippen molar-refractivity contribution in [1.82, 2.24) is 4.90 Å². The van der Waals surface area contributed by atoms with Crippen LogP contribution in [0.15, 0.2) is 12.1 Å². The van der Waals surface area contributed by atoms with Crippen molar-refractivity contribution in [2.45, 2.75) is 51.5 Å². The van der Waals surface area contributed by atoms with E-state index in [1.54, 1.807) is 0 Å². The molecule has 1 aromatic carbocycles. The summed E-state index contributed by atoms with van der Waals surface area (Å²) >= 11 is 0. The van der Waals surface area contributed by atoms with Gasteiger partial charge >= 0.3 is 0 Å². The molecular weight excluding hydrogens is 260 g/mol. The van der Waals surface area contributed by atoms with E-state index in [-0.39, 0.29) is 5.41 Å². The van der Waals surface area contributed by atoms with Crippen LogP contribution in [-0.4, -0.2) is 25.6 Å². The fraction of sp³-hybridized carbons (Fsp3) is 0.611. The number of ether oxygens (including phenoxy) is 1. The Labute approximate surface area is 128 Å². The molecule has 0 spiro atoms. The quantitative estimate of drug-likeness (QED) is 0.789. The number of nitrogens with zero attached hydrogens (tertiary/aromatic N) is 2. The maximum Gasteiger partial charge on any atom is 0.137 e. The van der Waals surface area contributed by atoms with Gasteiger partial charge in [-0.25, -0.2) is 0 Å². The van der Waals surface area contributed by atoms with Gasteiger partial charge in [0.2, 0.25) is 0 Å². The molecule has 0 aliphatic carbocycles. The topological polar surface area (TPSA) is 36.3 Å². The van der Waals surface area contributed by atoms with E-state index in [9.17, 15) is 5.26 Å². The summed E-state index contributed by atoms with van der Waals surface area (Å²) < 4.78 is 6.09. The Hall–Kier alpha value is -1.53. The van der Waals surface area contributed by atoms with Gasteiger partial charge in [0.25, 0.3) is 0 Å². The molecule has 1 atom stereocenters. The summed E-state index contributed by atoms with van der Waals surface area (Å²) in [5.41, 5.74) is 2.80. The Bertz CT molecular complexity index is 578. The molecule has 0 bridgehead atoms. The predicted octanol–water partition coefficient (Wildman–Crippen LogP) is 3.75. The van der Waals surface area contributed by atoms with Crippen LogP contribution in [0.3, 0.4) is 0 Å². The number of fused-ring (bicyclic) bond motifs is 1. The second kappa shape index (κ2) is 5.35. The van der Waals surface area contributed by atoms with Gasteiger partial charge in [-0.15, -0.1) is 0 Å². The van der Waals surface area contributed by atoms with Crippen LogP contribution in [0.25, 0.3) is 0 Å². The van der Waals surface area contributed by atoms with Gasteiger partial charge in [0, 0.05) is 11.1 Å². The zero-order chi connectivity index (χ0) is 15.8. The molecular formula is C18H26N2O. The van der Waals surface area contributed by atoms with Crippen LogP contribution in [0.2, 0.25) is 0 Å². The Morgan fingerprint density at radius 2 is 1.95 bits per heavy atom. The summed E-state index contributed by atoms with van der Waals surface area (Å²) in [7, 11) is 3.97. The molecule has 1 heterocycles. The van der Waals surface area contributed by atoms with E-state index in [1.807, 2.05) is 19.0 Å². The van der Waals surface area contributed by atoms with Crippen LogP contribution in [0.1, 0.15) is 50.3 Å². The second-order valence-electron chi connectivity index (χ2n) is 7.26. The standard InChI is InChI=1S/C18H26N2O/c1-13-10-14(17(2,3)4)16-15(11-13)18(12-19,20(5)6)8-7-9-21-16/h10-11H,7-9H2,1-6H3. The molecule has 0 saturated heterocycles. The van der Waals surface area contributed by atoms with Crippen molar-refractivity contribution in [3.8, 4) is 11.8 Å². The zero-order valence-corrected chi connectivity index (χ0v) is 14.1. The summed E-state index contributed by atoms with van der Waals surface area (Å²) in [5.74, 6) is 0.917. The minimum absolute atomic E-state index is 0.00600. The molecule has 1 unspecified atom stereocenters. The summed E-state index contributed by atoms with van der Waals surface area (Å²) in [6.45, 7) is 9.36. The molecule has 0 N–H and O–H groups in total. The first-order valence-electron chi connectivity index (χ1n) is 7.59. The van der Waals surface area contributed by atoms with Crippen molar-refractivity contribution in [2.24, 2.45) is 0 Å². The molecule has 21 heavy (non-hydrogen) atoms. The van der Waals surface area contributed by atoms with Gasteiger partial charge in [0.15, 0.2) is 0 Å². The average molecular weight is 286 g/mol. The lowest BCUT2D eigenvalue weighted by atomic mass is 9.78. The van der Waals surface area contributed by atoms with Crippen LogP contribution in [0.5, 0.6) is 5.75 Å². The van der Waals surface area contributed by atoms with E-state index in [0.29, 0.717) is 6.61 Å². The molecule has 3 nitrogen and oxygen atoms in total. The van der Waals surface area contributed by atoms with Gasteiger partial charge in [-0.1, -0.05) is 32.4 Å². The normalized spacial score (nSPS) is 22.2. The highest BCUT2D eigenvalue weighted by atomic mass is 16.5. The van der Waals surface area contributed by atoms with Gasteiger partial charge in [0.1, 0.15) is 11.3 Å². The van der Waals surface area contributed by atoms with Gasteiger partial charge in [0.05, 0.1) is 12.7 Å². The van der Waals surface area contributed by atoms with Crippen LogP contribution in [-0.2, 0) is 11.0 Å². The molecule has 1 aromatic rings. The molecule has 0 radical (unpaired) electrons. The third-order valence-corrected chi connectivity index (χ3v) is 4.36. The second-order valence-corrected chi connectivity index (χ2v) is 7.26. The van der Waals surface area contributed by atoms with Gasteiger partial charge in [-0.3, -0.25) is 4.90 Å². The van der Waals surface area contributed by atoms with E-state index >= 15 is 0 Å². The fourth-order valence-electron chi connectivity index (χ4n) is 3.11. The Kier molecular flexibility index (Phi) is 4.04. The van der Waals surface area contributed by atoms with Crippen LogP contribution in [0, 0.1) is 18.3 Å². The molecule has 0 saturated carbocycles. The van der Waals surface area contributed by atoms with E-state index in [2.05, 4.69) is 45.9 Å². The third-order valence-electron chi connectivity index (χ3n) is 4.36. The average Bonchev–Trinajstić information content (AvgIpc) is 2.56. The molecule has 0 fully saturated rings. The first-order chi connectivity index (χ1) is 9.72. The molecule has 3 heteroatoms. The highest BCUT2D eigenvalue weighted by Crippen LogP contribution is 2.45. The molecule has 0 amide bonds. The minimum atomic E-state index is -0.599. The highest BCUT2D eigenvalue weighted by Gasteiger charge is 2.40. The molecule has 1 aliphatic heterocycles. The maximum absolute atomic E-state index is 9.92. The van der Waals surface area contributed by atoms with Crippen molar-refractivity contribution in [3.63, 3.8) is 0 Å². The molecule has 114 valence electrons. The van der Waals surface area contributed by atoms with Crippen molar-refractivity contribution in [3.05, 3.63) is 28.8 Å². The van der Waals surface area contributed by atoms with E-state index in [4.69, 9.17) is 4.74 Å². The number of nitriles is 1. The number of rotatable bonds is 1. The van der Waals surface area contributed by atoms with Crippen LogP contribution >= 0.6 is 0 Å². The Balaban J connectivity index is 2.80. The molecule has 0 aromatic heterocycles. The van der Waals surface area contributed by atoms with E-state index in [1.165, 1.54) is 11.1 Å². The maximum atomic E-state index is 9.92. The Morgan fingerprint density at radius 1 is 1.29 bits per heavy atom. The van der Waals surface area contributed by atoms with Crippen LogP contribution < -0.4 is 4.74 Å². The number of hydrogen-bond donors (Lipinski definition) is 0. The number of benzene rings is 1. The Morgan fingerprint density at radius 3 is 2.48 bits per heavy atom. The zero-order valence-electron chi connectivity index (χ0n) is 14.1. The summed E-state index contributed by atoms with van der Waals surface area (Å²) in [6.07, 6.45) is 1.69. The highest BCUT2D eigenvalue weighted by molar-refractivity contribution is 5.53. The SMILES string of the molecule is Cc1cc(C(C)(C)C)c2c(c1)C(C#N)(N(C)C)CCCO2. The lowest BCUT2D eigenvalue weighted by Crippen LogP contribution is -2.40. The largest absolute Gasteiger partial charge is 0.493 e. The molecule has 1 aliphatic rings. The first kappa shape index (κ1) is 15.9. The minimum Gasteiger partial charge on any atom is -0.493 e. The third kappa shape index (κ3) is 2.65. The van der Waals surface area contributed by atoms with Gasteiger partial charge in [-0.05, 0) is 45.3 Å². The van der Waals surface area contributed by atoms with Crippen molar-refractivity contribution >= 4 is 0 Å². The van der Waals surface area contributed by atoms with Crippen molar-refractivity contribution < 1.29 is 4.74 Å². The van der Waals surface area contributed by atoms with Gasteiger partial charge < -0.3 is 4.74 Å². The fourth-order valence-corrected chi connectivity index (χ4v) is 3.11. The lowest BCUT2D eigenvalue weighted by Gasteiger charge is -2.35. The number of hydrogen-bond acceptors (Lipinski definition) is 3. The summed E-state index contributed by atoms with van der Waals surface area (Å²) in [6, 6.07) is 6.89. The summed E-state index contributed by atoms with van der Waals surface area (Å²) in [4.78, 5) is 2.03. The molecule has 2 rings (SSSR count). The summed E-state index contributed by atoms with van der Waals surface area (Å²) in [5, 5.41) is 9.92. The smallest absolute Gasteiger partial charge is 0.137 e. The monoisotopic (exact) mass is 286 g/mol. The first-order valence-corrected chi connectivity index (χ1v) is 7.59. The van der Waals surface area contributed by atoms with Crippen molar-refractivity contribution in [2.75, 3.05) is 20.7 Å². The van der Waals surface area contributed by atoms with E-state index in [0.717, 1.165) is 24.2 Å². The lowest BCUT2D eigenvalue weighted by molar-refractivity contribution is 0.202. The van der Waals surface area contributed by atoms with Crippen LogP contribution in [0.4, 0.5) is 0 Å². The van der Waals surface area contributed by atoms with Crippen molar-refractivity contribution in [1.29, 1.82) is 5.26 Å². The number of aryl methyl sites for hydroxylation is 1. The van der Waals surface area contributed by atoms with E-state index < -0.39 is 5.54 Å².